The summed E-state index contributed by atoms with van der Waals surface area (Å²) in [4.78, 5) is 15.9. The summed E-state index contributed by atoms with van der Waals surface area (Å²) in [6.45, 7) is 7.27. The van der Waals surface area contributed by atoms with E-state index in [0.29, 0.717) is 52.2 Å². The number of dihydropyridines is 1. The fraction of sp³-hybridized carbons (Fsp3) is 0.357. The number of hydrogen-bond acceptors (Lipinski definition) is 8. The van der Waals surface area contributed by atoms with E-state index in [1.807, 2.05) is 18.4 Å². The Bertz CT molecular complexity index is 1340. The summed E-state index contributed by atoms with van der Waals surface area (Å²) < 4.78 is 11.7. The molecule has 12 heteroatoms. The van der Waals surface area contributed by atoms with Gasteiger partial charge in [0.2, 0.25) is 5.95 Å². The quantitative estimate of drug-likeness (QED) is 0.257. The van der Waals surface area contributed by atoms with Crippen LogP contribution in [0.4, 0.5) is 17.3 Å². The van der Waals surface area contributed by atoms with E-state index in [9.17, 15) is 0 Å². The number of nitrogens with zero attached hydrogens (tertiary/aromatic N) is 5. The molecule has 4 N–H and O–H groups in total. The third kappa shape index (κ3) is 7.94. The zero-order valence-corrected chi connectivity index (χ0v) is 27.5. The van der Waals surface area contributed by atoms with E-state index in [4.69, 9.17) is 37.2 Å². The summed E-state index contributed by atoms with van der Waals surface area (Å²) in [6, 6.07) is 5.61. The number of morpholine rings is 1. The van der Waals surface area contributed by atoms with Crippen LogP contribution in [0.1, 0.15) is 39.3 Å². The van der Waals surface area contributed by atoms with E-state index in [1.165, 1.54) is 11.8 Å². The van der Waals surface area contributed by atoms with Gasteiger partial charge in [-0.15, -0.1) is 7.05 Å². The molecular weight excluding hydrogens is 555 g/mol. The van der Waals surface area contributed by atoms with Crippen molar-refractivity contribution in [1.82, 2.24) is 15.3 Å². The Balaban J connectivity index is 0.00000106. The van der Waals surface area contributed by atoms with E-state index in [1.54, 1.807) is 38.4 Å². The zero-order chi connectivity index (χ0) is 27.9. The molecule has 2 atom stereocenters. The van der Waals surface area contributed by atoms with Crippen molar-refractivity contribution in [1.29, 1.82) is 5.41 Å². The number of allylic oxidation sites excluding steroid dienone is 3. The second-order valence-corrected chi connectivity index (χ2v) is 9.51. The van der Waals surface area contributed by atoms with Gasteiger partial charge in [0.25, 0.3) is 0 Å². The zero-order valence-electron chi connectivity index (χ0n) is 23.6. The number of nitrogens with two attached hydrogens (primary N) is 1. The van der Waals surface area contributed by atoms with Crippen LogP contribution in [0.15, 0.2) is 64.8 Å². The van der Waals surface area contributed by atoms with Gasteiger partial charge in [-0.3, -0.25) is 0 Å². The summed E-state index contributed by atoms with van der Waals surface area (Å²) in [7, 11) is 1.68. The van der Waals surface area contributed by atoms with Gasteiger partial charge in [0.15, 0.2) is 0 Å². The predicted molar refractivity (Wildman–Crippen MR) is 157 cm³/mol. The molecule has 2 fully saturated rings. The number of amidine groups is 1. The van der Waals surface area contributed by atoms with Crippen LogP contribution >= 0.6 is 11.6 Å². The number of benzene rings is 1. The molecule has 1 aromatic heterocycles. The van der Waals surface area contributed by atoms with E-state index in [2.05, 4.69) is 39.4 Å². The van der Waals surface area contributed by atoms with Gasteiger partial charge < -0.3 is 36.2 Å². The Morgan fingerprint density at radius 3 is 2.90 bits per heavy atom. The molecule has 1 saturated heterocycles. The van der Waals surface area contributed by atoms with Crippen LogP contribution in [0.3, 0.4) is 0 Å². The number of ether oxygens (including phenoxy) is 2. The third-order valence-corrected chi connectivity index (χ3v) is 6.71. The number of aromatic nitrogens is 2. The molecule has 0 bridgehead atoms. The van der Waals surface area contributed by atoms with Crippen LogP contribution in [0, 0.1) is 5.41 Å². The molecule has 3 aliphatic rings. The first-order chi connectivity index (χ1) is 18.9. The molecule has 3 heterocycles. The van der Waals surface area contributed by atoms with E-state index in [0.717, 1.165) is 25.1 Å². The fourth-order valence-electron chi connectivity index (χ4n) is 4.15. The van der Waals surface area contributed by atoms with Gasteiger partial charge in [0.1, 0.15) is 17.3 Å². The molecule has 1 aliphatic carbocycles. The molecule has 0 amide bonds. The second-order valence-electron chi connectivity index (χ2n) is 9.11. The van der Waals surface area contributed by atoms with Crippen molar-refractivity contribution in [3.63, 3.8) is 0 Å². The molecule has 1 aromatic carbocycles. The topological polar surface area (TPSA) is 136 Å². The number of anilines is 1. The van der Waals surface area contributed by atoms with Gasteiger partial charge in [0.05, 0.1) is 35.2 Å². The summed E-state index contributed by atoms with van der Waals surface area (Å²) >= 11 is 6.53. The van der Waals surface area contributed by atoms with Gasteiger partial charge in [0, 0.05) is 30.7 Å². The predicted octanol–water partition coefficient (Wildman–Crippen LogP) is 2.50. The molecule has 1 saturated carbocycles. The van der Waals surface area contributed by atoms with Gasteiger partial charge >= 0.3 is 51.4 Å². The Hall–Kier alpha value is -2.25. The molecule has 0 spiro atoms. The molecular formula is C28H34ClKN8O2. The number of aliphatic imine (C=N–C) groups is 1. The smallest absolute Gasteiger partial charge is 0.684 e. The number of halogens is 1. The second kappa shape index (κ2) is 15.1. The van der Waals surface area contributed by atoms with Gasteiger partial charge in [-0.1, -0.05) is 24.2 Å². The molecule has 2 aromatic rings. The Kier molecular flexibility index (Phi) is 12.2. The maximum atomic E-state index is 6.53. The summed E-state index contributed by atoms with van der Waals surface area (Å²) in [5.74, 6) is 2.07. The molecule has 2 aliphatic heterocycles. The standard InChI is InChI=1S/C26H29ClN7O2.C2H5N.K/c1-4-15(2)19-12-17(7-8-30-19)36-22-6-5-16(11-18(22)27)32-25(28)24-20(29-3)14-31-26(33-24)34-9-10-35-23-13-21(23)34;1-2-3;/h5-8,11-12,14,21,23,30H,4,9-10,13H2,1-3H3,(H2,28,32);2-3H,1H3;/q-1;;+1. The fourth-order valence-corrected chi connectivity index (χ4v) is 4.36. The van der Waals surface area contributed by atoms with Gasteiger partial charge in [-0.25, -0.2) is 15.0 Å². The third-order valence-electron chi connectivity index (χ3n) is 6.42. The van der Waals surface area contributed by atoms with Crippen LogP contribution < -0.4 is 72.1 Å². The Labute approximate surface area is 283 Å². The average molecular weight is 589 g/mol. The van der Waals surface area contributed by atoms with Crippen LogP contribution in [0.2, 0.25) is 5.02 Å². The number of hydrogen-bond donors (Lipinski definition) is 3. The van der Waals surface area contributed by atoms with Crippen LogP contribution in [0.25, 0.3) is 5.32 Å². The maximum absolute atomic E-state index is 6.53. The monoisotopic (exact) mass is 588 g/mol. The van der Waals surface area contributed by atoms with Crippen molar-refractivity contribution >= 4 is 41.0 Å². The maximum Gasteiger partial charge on any atom is 1.00 e. The average Bonchev–Trinajstić information content (AvgIpc) is 3.74. The normalized spacial score (nSPS) is 20.5. The van der Waals surface area contributed by atoms with Crippen molar-refractivity contribution in [2.75, 3.05) is 25.1 Å². The number of nitrogens with one attached hydrogen (secondary N) is 2. The minimum absolute atomic E-state index is 0. The largest absolute Gasteiger partial charge is 1.00 e. The van der Waals surface area contributed by atoms with Gasteiger partial charge in [-0.2, -0.15) is 0 Å². The van der Waals surface area contributed by atoms with Crippen molar-refractivity contribution < 1.29 is 60.9 Å². The first-order valence-corrected chi connectivity index (χ1v) is 13.2. The van der Waals surface area contributed by atoms with Crippen molar-refractivity contribution in [3.05, 3.63) is 75.8 Å². The summed E-state index contributed by atoms with van der Waals surface area (Å²) in [6.07, 6.45) is 10.8. The van der Waals surface area contributed by atoms with Crippen molar-refractivity contribution in [2.45, 2.75) is 45.8 Å². The first-order valence-electron chi connectivity index (χ1n) is 12.8. The van der Waals surface area contributed by atoms with Crippen LogP contribution in [-0.4, -0.2) is 54.4 Å². The molecule has 0 radical (unpaired) electrons. The SMILES string of the molecule is CC=N.CCC(C)=C1C=C(Oc2ccc(N=C(N)c3nc(N4CCOC5CC54)ncc3[N-]C)cc2Cl)C=CN1.[K+]. The van der Waals surface area contributed by atoms with Crippen LogP contribution in [-0.2, 0) is 4.74 Å². The van der Waals surface area contributed by atoms with E-state index >= 15 is 0 Å². The molecule has 2 unspecified atom stereocenters. The Morgan fingerprint density at radius 1 is 1.43 bits per heavy atom. The van der Waals surface area contributed by atoms with E-state index < -0.39 is 0 Å². The summed E-state index contributed by atoms with van der Waals surface area (Å²) in [5.41, 5.74) is 10.3. The van der Waals surface area contributed by atoms with Gasteiger partial charge in [-0.05, 0) is 62.8 Å². The first kappa shape index (κ1) is 32.3. The molecule has 10 nitrogen and oxygen atoms in total. The molecule has 5 rings (SSSR count). The summed E-state index contributed by atoms with van der Waals surface area (Å²) in [5, 5.41) is 14.0. The Morgan fingerprint density at radius 2 is 2.20 bits per heavy atom. The molecule has 40 heavy (non-hydrogen) atoms. The minimum Gasteiger partial charge on any atom is -0.684 e. The molecule has 206 valence electrons. The van der Waals surface area contributed by atoms with Crippen LogP contribution in [0.5, 0.6) is 5.75 Å². The number of rotatable bonds is 7. The minimum atomic E-state index is 0. The number of fused-ring (bicyclic) bond motifs is 1. The van der Waals surface area contributed by atoms with Crippen molar-refractivity contribution in [3.8, 4) is 5.75 Å². The van der Waals surface area contributed by atoms with E-state index in [-0.39, 0.29) is 63.3 Å². The van der Waals surface area contributed by atoms with Crippen molar-refractivity contribution in [2.24, 2.45) is 10.7 Å².